The summed E-state index contributed by atoms with van der Waals surface area (Å²) < 4.78 is 5.66. The SMILES string of the molecule is CCCCCCCCCCOOCc1cc2ccccc2c(-c2c(O)c(C(=O)OCCCCCCCCCC)cc3ccccc23)c1O. The monoisotopic (exact) mass is 656 g/mol. The number of fused-ring (bicyclic) bond motifs is 2. The second kappa shape index (κ2) is 20.7. The number of unbranched alkanes of at least 4 members (excludes halogenated alkanes) is 14. The lowest BCUT2D eigenvalue weighted by Crippen LogP contribution is -2.08. The van der Waals surface area contributed by atoms with Crippen LogP contribution in [0, 0.1) is 0 Å². The first-order valence-electron chi connectivity index (χ1n) is 18.5. The fourth-order valence-corrected chi connectivity index (χ4v) is 6.44. The molecule has 4 rings (SSSR count). The van der Waals surface area contributed by atoms with Crippen molar-refractivity contribution in [2.24, 2.45) is 0 Å². The maximum atomic E-state index is 13.4. The number of hydrogen-bond acceptors (Lipinski definition) is 6. The van der Waals surface area contributed by atoms with Gasteiger partial charge in [0.2, 0.25) is 0 Å². The third-order valence-corrected chi connectivity index (χ3v) is 9.20. The van der Waals surface area contributed by atoms with Crippen LogP contribution < -0.4 is 0 Å². The minimum absolute atomic E-state index is 0.0192. The number of carbonyl (C=O) groups excluding carboxylic acids is 1. The quantitative estimate of drug-likeness (QED) is 0.0358. The summed E-state index contributed by atoms with van der Waals surface area (Å²) in [6, 6.07) is 18.8. The molecule has 0 saturated heterocycles. The number of aromatic hydroxyl groups is 2. The second-order valence-corrected chi connectivity index (χ2v) is 13.0. The highest BCUT2D eigenvalue weighted by Gasteiger charge is 2.25. The van der Waals surface area contributed by atoms with Gasteiger partial charge in [0.15, 0.2) is 0 Å². The molecule has 0 aromatic heterocycles. The lowest BCUT2D eigenvalue weighted by atomic mass is 9.89. The van der Waals surface area contributed by atoms with Crippen LogP contribution in [0.3, 0.4) is 0 Å². The number of carbonyl (C=O) groups is 1. The number of phenolic OH excluding ortho intramolecular Hbond substituents is 2. The summed E-state index contributed by atoms with van der Waals surface area (Å²) in [5, 5.41) is 26.6. The fourth-order valence-electron chi connectivity index (χ4n) is 6.44. The Bertz CT molecular complexity index is 1560. The van der Waals surface area contributed by atoms with Crippen LogP contribution in [0.15, 0.2) is 60.7 Å². The molecule has 4 aromatic carbocycles. The van der Waals surface area contributed by atoms with Crippen LogP contribution >= 0.6 is 0 Å². The zero-order chi connectivity index (χ0) is 34.0. The van der Waals surface area contributed by atoms with E-state index in [0.717, 1.165) is 53.6 Å². The normalized spacial score (nSPS) is 11.5. The molecule has 48 heavy (non-hydrogen) atoms. The summed E-state index contributed by atoms with van der Waals surface area (Å²) in [5.74, 6) is -0.798. The lowest BCUT2D eigenvalue weighted by Gasteiger charge is -2.18. The molecule has 6 heteroatoms. The first-order chi connectivity index (χ1) is 23.6. The van der Waals surface area contributed by atoms with Crippen molar-refractivity contribution in [1.29, 1.82) is 0 Å². The van der Waals surface area contributed by atoms with Crippen molar-refractivity contribution in [3.63, 3.8) is 0 Å². The highest BCUT2D eigenvalue weighted by molar-refractivity contribution is 6.13. The van der Waals surface area contributed by atoms with Gasteiger partial charge in [0.25, 0.3) is 0 Å². The third kappa shape index (κ3) is 10.7. The molecular formula is C42H56O6. The molecule has 6 nitrogen and oxygen atoms in total. The molecule has 0 aliphatic rings. The summed E-state index contributed by atoms with van der Waals surface area (Å²) in [7, 11) is 0. The highest BCUT2D eigenvalue weighted by Crippen LogP contribution is 2.47. The van der Waals surface area contributed by atoms with Gasteiger partial charge in [0.05, 0.1) is 13.2 Å². The topological polar surface area (TPSA) is 85.2 Å². The van der Waals surface area contributed by atoms with Gasteiger partial charge in [0.1, 0.15) is 23.7 Å². The number of phenols is 2. The molecule has 0 aliphatic heterocycles. The summed E-state index contributed by atoms with van der Waals surface area (Å²) in [6.07, 6.45) is 18.8. The van der Waals surface area contributed by atoms with E-state index in [0.29, 0.717) is 29.9 Å². The maximum Gasteiger partial charge on any atom is 0.341 e. The minimum atomic E-state index is -0.569. The molecule has 0 unspecified atom stereocenters. The van der Waals surface area contributed by atoms with Crippen molar-refractivity contribution in [3.05, 3.63) is 71.8 Å². The molecule has 0 atom stereocenters. The lowest BCUT2D eigenvalue weighted by molar-refractivity contribution is -0.304. The van der Waals surface area contributed by atoms with Crippen LogP contribution in [0.2, 0.25) is 0 Å². The van der Waals surface area contributed by atoms with Crippen LogP contribution in [0.25, 0.3) is 32.7 Å². The van der Waals surface area contributed by atoms with Gasteiger partial charge in [-0.15, -0.1) is 0 Å². The van der Waals surface area contributed by atoms with E-state index in [1.54, 1.807) is 6.07 Å². The molecule has 0 fully saturated rings. The first kappa shape index (κ1) is 37.2. The van der Waals surface area contributed by atoms with Crippen molar-refractivity contribution in [2.75, 3.05) is 13.2 Å². The van der Waals surface area contributed by atoms with Crippen molar-refractivity contribution >= 4 is 27.5 Å². The number of rotatable bonds is 23. The number of esters is 1. The highest BCUT2D eigenvalue weighted by atomic mass is 17.2. The van der Waals surface area contributed by atoms with E-state index in [-0.39, 0.29) is 23.7 Å². The standard InChI is InChI=1S/C42H56O6/c1-3-5-7-9-11-13-15-21-27-46-42(45)37-30-33-24-18-20-26-36(33)39(41(37)44)38-35-25-19-17-23-32(35)29-34(40(38)43)31-48-47-28-22-16-14-12-10-8-6-4-2/h17-20,23-26,29-30,43-44H,3-16,21-22,27-28,31H2,1-2H3. The van der Waals surface area contributed by atoms with Gasteiger partial charge in [-0.05, 0) is 46.5 Å². The summed E-state index contributed by atoms with van der Waals surface area (Å²) in [6.45, 7) is 5.29. The molecule has 0 amide bonds. The van der Waals surface area contributed by atoms with Crippen LogP contribution in [-0.2, 0) is 21.1 Å². The minimum Gasteiger partial charge on any atom is -0.507 e. The molecule has 0 heterocycles. The van der Waals surface area contributed by atoms with E-state index in [4.69, 9.17) is 14.5 Å². The Morgan fingerprint density at radius 3 is 1.62 bits per heavy atom. The molecule has 0 saturated carbocycles. The molecule has 0 aliphatic carbocycles. The average molecular weight is 657 g/mol. The molecule has 0 spiro atoms. The van der Waals surface area contributed by atoms with Crippen LogP contribution in [0.5, 0.6) is 11.5 Å². The second-order valence-electron chi connectivity index (χ2n) is 13.0. The van der Waals surface area contributed by atoms with E-state index in [1.807, 2.05) is 54.6 Å². The van der Waals surface area contributed by atoms with Crippen molar-refractivity contribution in [1.82, 2.24) is 0 Å². The van der Waals surface area contributed by atoms with Gasteiger partial charge in [-0.1, -0.05) is 152 Å². The molecular weight excluding hydrogens is 600 g/mol. The Balaban J connectivity index is 1.49. The predicted molar refractivity (Wildman–Crippen MR) is 196 cm³/mol. The van der Waals surface area contributed by atoms with E-state index in [2.05, 4.69) is 13.8 Å². The van der Waals surface area contributed by atoms with E-state index < -0.39 is 5.97 Å². The van der Waals surface area contributed by atoms with Gasteiger partial charge < -0.3 is 14.9 Å². The van der Waals surface area contributed by atoms with Crippen molar-refractivity contribution in [3.8, 4) is 22.6 Å². The molecule has 4 aromatic rings. The molecule has 0 radical (unpaired) electrons. The Morgan fingerprint density at radius 2 is 1.04 bits per heavy atom. The first-order valence-corrected chi connectivity index (χ1v) is 18.5. The van der Waals surface area contributed by atoms with Crippen LogP contribution in [0.4, 0.5) is 0 Å². The molecule has 0 bridgehead atoms. The van der Waals surface area contributed by atoms with Gasteiger partial charge in [0, 0.05) is 16.7 Å². The Kier molecular flexibility index (Phi) is 16.0. The van der Waals surface area contributed by atoms with E-state index in [9.17, 15) is 15.0 Å². The maximum absolute atomic E-state index is 13.4. The van der Waals surface area contributed by atoms with Gasteiger partial charge in [-0.3, -0.25) is 0 Å². The van der Waals surface area contributed by atoms with Crippen molar-refractivity contribution < 1.29 is 29.5 Å². The van der Waals surface area contributed by atoms with Gasteiger partial charge in [-0.2, -0.15) is 0 Å². The summed E-state index contributed by atoms with van der Waals surface area (Å²) >= 11 is 0. The Hall–Kier alpha value is -3.61. The fraction of sp³-hybridized carbons (Fsp3) is 0.500. The number of ether oxygens (including phenoxy) is 1. The molecule has 260 valence electrons. The predicted octanol–water partition coefficient (Wildman–Crippen LogP) is 12.0. The van der Waals surface area contributed by atoms with Crippen LogP contribution in [0.1, 0.15) is 133 Å². The third-order valence-electron chi connectivity index (χ3n) is 9.20. The van der Waals surface area contributed by atoms with Crippen molar-refractivity contribution in [2.45, 2.75) is 123 Å². The zero-order valence-electron chi connectivity index (χ0n) is 29.2. The number of hydrogen-bond donors (Lipinski definition) is 2. The summed E-state index contributed by atoms with van der Waals surface area (Å²) in [4.78, 5) is 24.4. The molecule has 2 N–H and O–H groups in total. The number of benzene rings is 4. The van der Waals surface area contributed by atoms with Crippen LogP contribution in [-0.4, -0.2) is 29.4 Å². The average Bonchev–Trinajstić information content (AvgIpc) is 3.10. The summed E-state index contributed by atoms with van der Waals surface area (Å²) in [5.41, 5.74) is 1.46. The smallest absolute Gasteiger partial charge is 0.341 e. The Morgan fingerprint density at radius 1 is 0.562 bits per heavy atom. The largest absolute Gasteiger partial charge is 0.507 e. The van der Waals surface area contributed by atoms with E-state index in [1.165, 1.54) is 70.6 Å². The Labute approximate surface area is 287 Å². The van der Waals surface area contributed by atoms with Gasteiger partial charge >= 0.3 is 5.97 Å². The zero-order valence-corrected chi connectivity index (χ0v) is 29.2. The van der Waals surface area contributed by atoms with E-state index >= 15 is 0 Å². The van der Waals surface area contributed by atoms with Gasteiger partial charge in [-0.25, -0.2) is 14.6 Å².